The van der Waals surface area contributed by atoms with E-state index in [1.165, 1.54) is 38.2 Å². The number of carboxylic acids is 1. The van der Waals surface area contributed by atoms with Crippen molar-refractivity contribution in [3.05, 3.63) is 36.0 Å². The van der Waals surface area contributed by atoms with Crippen molar-refractivity contribution in [2.24, 2.45) is 11.8 Å². The molecule has 0 aromatic carbocycles. The third kappa shape index (κ3) is 19.8. The molecule has 0 aliphatic heterocycles. The van der Waals surface area contributed by atoms with Gasteiger partial charge in [-0.2, -0.15) is 0 Å². The molecule has 3 nitrogen and oxygen atoms in total. The molecular weight excluding hydrogens is 371 g/mol. The maximum absolute atomic E-state index is 10.1. The van der Waals surface area contributed by atoms with Gasteiger partial charge in [-0.25, -0.2) is 0 Å². The molecule has 0 amide bonds. The predicted octanol–water partition coefficient (Wildman–Crippen LogP) is 1.19. The summed E-state index contributed by atoms with van der Waals surface area (Å²) in [6.45, 7) is 4.12. The van der Waals surface area contributed by atoms with Crippen molar-refractivity contribution in [3.8, 4) is 24.2 Å². The molecule has 1 aliphatic rings. The van der Waals surface area contributed by atoms with Crippen LogP contribution in [0.2, 0.25) is 0 Å². The minimum absolute atomic E-state index is 0. The summed E-state index contributed by atoms with van der Waals surface area (Å²) >= 11 is 0. The number of terminal acetylenes is 1. The fraction of sp³-hybridized carbons (Fsp3) is 0.560. The smallest absolute Gasteiger partial charge is 0.550 e. The fourth-order valence-electron chi connectivity index (χ4n) is 2.93. The van der Waals surface area contributed by atoms with E-state index in [0.717, 1.165) is 23.8 Å². The molecule has 0 spiro atoms. The molecule has 0 saturated heterocycles. The first kappa shape index (κ1) is 30.0. The number of carbonyl (C=O) groups excluding carboxylic acids is 1. The molecule has 1 unspecified atom stereocenters. The molecule has 1 aliphatic carbocycles. The van der Waals surface area contributed by atoms with Gasteiger partial charge in [-0.05, 0) is 68.9 Å². The Bertz CT molecular complexity index is 608. The molecule has 0 heterocycles. The first-order valence-electron chi connectivity index (χ1n) is 10.2. The van der Waals surface area contributed by atoms with Crippen molar-refractivity contribution in [1.29, 1.82) is 0 Å². The van der Waals surface area contributed by atoms with Crippen molar-refractivity contribution in [1.82, 2.24) is 0 Å². The van der Waals surface area contributed by atoms with Crippen molar-refractivity contribution < 1.29 is 44.6 Å². The van der Waals surface area contributed by atoms with Gasteiger partial charge in [0.05, 0.1) is 6.61 Å². The average Bonchev–Trinajstić information content (AvgIpc) is 3.19. The van der Waals surface area contributed by atoms with E-state index in [1.807, 2.05) is 6.92 Å². The van der Waals surface area contributed by atoms with Crippen LogP contribution in [0, 0.1) is 36.0 Å². The summed E-state index contributed by atoms with van der Waals surface area (Å²) in [6, 6.07) is 0. The van der Waals surface area contributed by atoms with Gasteiger partial charge in [0.1, 0.15) is 0 Å². The van der Waals surface area contributed by atoms with Gasteiger partial charge in [-0.15, -0.1) is 18.3 Å². The van der Waals surface area contributed by atoms with Crippen molar-refractivity contribution in [2.75, 3.05) is 6.61 Å². The van der Waals surface area contributed by atoms with Crippen LogP contribution in [0.5, 0.6) is 0 Å². The predicted molar refractivity (Wildman–Crippen MR) is 115 cm³/mol. The van der Waals surface area contributed by atoms with E-state index in [-0.39, 0.29) is 42.6 Å². The Hall–Kier alpha value is -1.23. The molecule has 4 heteroatoms. The second kappa shape index (κ2) is 21.5. The van der Waals surface area contributed by atoms with E-state index >= 15 is 0 Å². The van der Waals surface area contributed by atoms with Crippen LogP contribution in [0.1, 0.15) is 71.6 Å². The van der Waals surface area contributed by atoms with E-state index in [4.69, 9.17) is 11.5 Å². The Morgan fingerprint density at radius 1 is 1.31 bits per heavy atom. The number of aliphatic hydroxyl groups is 1. The summed E-state index contributed by atoms with van der Waals surface area (Å²) in [7, 11) is 0. The number of allylic oxidation sites excluding steroid dienone is 5. The molecule has 1 fully saturated rings. The van der Waals surface area contributed by atoms with E-state index < -0.39 is 5.97 Å². The zero-order valence-corrected chi connectivity index (χ0v) is 20.5. The summed E-state index contributed by atoms with van der Waals surface area (Å²) in [5, 5.41) is 19.0. The van der Waals surface area contributed by atoms with Crippen LogP contribution < -0.4 is 34.7 Å². The third-order valence-electron chi connectivity index (χ3n) is 4.58. The van der Waals surface area contributed by atoms with Crippen LogP contribution in [0.3, 0.4) is 0 Å². The molecule has 1 atom stereocenters. The van der Waals surface area contributed by atoms with E-state index in [9.17, 15) is 9.90 Å². The zero-order valence-electron chi connectivity index (χ0n) is 18.5. The molecule has 1 rings (SSSR count). The van der Waals surface area contributed by atoms with E-state index in [2.05, 4.69) is 36.8 Å². The van der Waals surface area contributed by atoms with Gasteiger partial charge in [0.25, 0.3) is 0 Å². The summed E-state index contributed by atoms with van der Waals surface area (Å²) in [6.07, 6.45) is 23.6. The Morgan fingerprint density at radius 2 is 2.00 bits per heavy atom. The number of aliphatic carboxylic acids is 1. The van der Waals surface area contributed by atoms with Crippen LogP contribution in [-0.2, 0) is 4.79 Å². The summed E-state index contributed by atoms with van der Waals surface area (Å²) < 4.78 is 0. The Labute approximate surface area is 200 Å². The third-order valence-corrected chi connectivity index (χ3v) is 4.58. The van der Waals surface area contributed by atoms with Crippen LogP contribution in [0.25, 0.3) is 0 Å². The molecule has 0 bridgehead atoms. The first-order chi connectivity index (χ1) is 13.5. The summed E-state index contributed by atoms with van der Waals surface area (Å²) in [5.41, 5.74) is 0.762. The van der Waals surface area contributed by atoms with Crippen molar-refractivity contribution in [2.45, 2.75) is 71.6 Å². The number of hydrogen-bond donors (Lipinski definition) is 1. The van der Waals surface area contributed by atoms with Gasteiger partial charge >= 0.3 is 29.6 Å². The monoisotopic (exact) mass is 406 g/mol. The second-order valence-corrected chi connectivity index (χ2v) is 7.18. The SMILES string of the molecule is C#C/C=C\C=C(/CO)CCCC(=O)[O-].CC#CCC(C)C/C=C/C1CCCC1.[Na+]. The Morgan fingerprint density at radius 3 is 2.55 bits per heavy atom. The Balaban J connectivity index is 0. The van der Waals surface area contributed by atoms with Gasteiger partial charge in [0.15, 0.2) is 0 Å². The van der Waals surface area contributed by atoms with Gasteiger partial charge in [0, 0.05) is 12.4 Å². The minimum atomic E-state index is -1.07. The molecular formula is C25H35NaO3. The van der Waals surface area contributed by atoms with E-state index in [0.29, 0.717) is 12.8 Å². The Kier molecular flexibility index (Phi) is 22.2. The van der Waals surface area contributed by atoms with Crippen LogP contribution in [0.15, 0.2) is 36.0 Å². The van der Waals surface area contributed by atoms with E-state index in [1.54, 1.807) is 12.2 Å². The van der Waals surface area contributed by atoms with Crippen molar-refractivity contribution in [3.63, 3.8) is 0 Å². The topological polar surface area (TPSA) is 60.4 Å². The fourth-order valence-corrected chi connectivity index (χ4v) is 2.93. The van der Waals surface area contributed by atoms with Crippen LogP contribution >= 0.6 is 0 Å². The molecule has 1 N–H and O–H groups in total. The molecule has 154 valence electrons. The van der Waals surface area contributed by atoms with Gasteiger partial charge in [0.2, 0.25) is 0 Å². The maximum atomic E-state index is 10.1. The van der Waals surface area contributed by atoms with Gasteiger partial charge in [-0.1, -0.05) is 50.0 Å². The molecule has 1 saturated carbocycles. The maximum Gasteiger partial charge on any atom is 1.00 e. The second-order valence-electron chi connectivity index (χ2n) is 7.18. The van der Waals surface area contributed by atoms with Crippen molar-refractivity contribution >= 4 is 5.97 Å². The quantitative estimate of drug-likeness (QED) is 0.257. The average molecular weight is 407 g/mol. The molecule has 29 heavy (non-hydrogen) atoms. The summed E-state index contributed by atoms with van der Waals surface area (Å²) in [5.74, 6) is 8.95. The van der Waals surface area contributed by atoms with Crippen LogP contribution in [0.4, 0.5) is 0 Å². The van der Waals surface area contributed by atoms with Crippen LogP contribution in [-0.4, -0.2) is 17.7 Å². The number of hydrogen-bond acceptors (Lipinski definition) is 3. The molecule has 0 radical (unpaired) electrons. The largest absolute Gasteiger partial charge is 1.00 e. The van der Waals surface area contributed by atoms with Gasteiger partial charge < -0.3 is 15.0 Å². The van der Waals surface area contributed by atoms with Gasteiger partial charge in [-0.3, -0.25) is 0 Å². The zero-order chi connectivity index (χ0) is 21.0. The number of carboxylic acid groups (broad SMARTS) is 1. The number of aliphatic hydroxyl groups excluding tert-OH is 1. The number of carbonyl (C=O) groups is 1. The standard InChI is InChI=1S/C14H22.C11H14O3.Na/c1-3-4-8-13(2)9-7-12-14-10-5-6-11-14;1-2-3-4-6-10(9-12)7-5-8-11(13)14;/h7,12-14H,5-6,8-11H2,1-2H3;1,3-4,6,12H,5,7-9H2,(H,13,14);/q;;+1/p-1/b12-7+;4-3-,10-6-;. The molecule has 0 aromatic rings. The number of rotatable bonds is 10. The summed E-state index contributed by atoms with van der Waals surface area (Å²) in [4.78, 5) is 10.1. The minimum Gasteiger partial charge on any atom is -0.550 e. The molecule has 0 aromatic heterocycles. The first-order valence-corrected chi connectivity index (χ1v) is 10.2. The normalized spacial score (nSPS) is 15.0.